The fraction of sp³-hybridized carbons (Fsp3) is 0.0682. The van der Waals surface area contributed by atoms with Crippen LogP contribution in [0, 0.1) is 0 Å². The average Bonchev–Trinajstić information content (AvgIpc) is 3.63. The largest absolute Gasteiger partial charge is 0.208 e. The predicted octanol–water partition coefficient (Wildman–Crippen LogP) is 11.9. The highest BCUT2D eigenvalue weighted by Gasteiger charge is 2.36. The van der Waals surface area contributed by atoms with E-state index >= 15 is 0 Å². The van der Waals surface area contributed by atoms with Crippen molar-refractivity contribution >= 4 is 53.1 Å². The summed E-state index contributed by atoms with van der Waals surface area (Å²) in [7, 11) is 0. The number of aromatic nitrogens is 3. The van der Waals surface area contributed by atoms with E-state index < -0.39 is 0 Å². The molecule has 1 aliphatic rings. The molecule has 0 bridgehead atoms. The molecule has 0 saturated carbocycles. The molecule has 10 rings (SSSR count). The summed E-state index contributed by atoms with van der Waals surface area (Å²) in [5.74, 6) is 2.03. The van der Waals surface area contributed by atoms with E-state index in [1.165, 1.54) is 53.2 Å². The van der Waals surface area contributed by atoms with E-state index in [0.29, 0.717) is 17.5 Å². The molecule has 0 fully saturated rings. The van der Waals surface area contributed by atoms with Crippen LogP contribution >= 0.6 is 11.3 Å². The zero-order chi connectivity index (χ0) is 32.0. The van der Waals surface area contributed by atoms with Crippen LogP contribution in [0.15, 0.2) is 140 Å². The van der Waals surface area contributed by atoms with Crippen molar-refractivity contribution in [3.63, 3.8) is 0 Å². The first kappa shape index (κ1) is 27.4. The summed E-state index contributed by atoms with van der Waals surface area (Å²) < 4.78 is 2.52. The summed E-state index contributed by atoms with van der Waals surface area (Å²) >= 11 is 1.86. The lowest BCUT2D eigenvalue weighted by Crippen LogP contribution is -2.14. The van der Waals surface area contributed by atoms with Gasteiger partial charge in [-0.3, -0.25) is 0 Å². The number of benzene rings is 7. The number of nitrogens with zero attached hydrogens (tertiary/aromatic N) is 3. The number of hydrogen-bond acceptors (Lipinski definition) is 4. The lowest BCUT2D eigenvalue weighted by molar-refractivity contribution is 0.661. The maximum Gasteiger partial charge on any atom is 0.165 e. The Morgan fingerprint density at radius 2 is 1.00 bits per heavy atom. The molecule has 1 aliphatic carbocycles. The molecule has 4 heteroatoms. The van der Waals surface area contributed by atoms with Crippen LogP contribution in [0.2, 0.25) is 0 Å². The zero-order valence-corrected chi connectivity index (χ0v) is 27.3. The maximum absolute atomic E-state index is 5.20. The van der Waals surface area contributed by atoms with Gasteiger partial charge < -0.3 is 0 Å². The number of hydrogen-bond donors (Lipinski definition) is 0. The third kappa shape index (κ3) is 4.03. The normalized spacial score (nSPS) is 13.4. The molecule has 0 unspecified atom stereocenters. The molecule has 0 amide bonds. The van der Waals surface area contributed by atoms with Gasteiger partial charge in [-0.05, 0) is 56.4 Å². The van der Waals surface area contributed by atoms with E-state index in [2.05, 4.69) is 153 Å². The molecular weight excluding hydrogens is 603 g/mol. The summed E-state index contributed by atoms with van der Waals surface area (Å²) in [5, 5.41) is 7.22. The molecule has 7 aromatic carbocycles. The Kier molecular flexibility index (Phi) is 5.79. The molecule has 3 nitrogen and oxygen atoms in total. The van der Waals surface area contributed by atoms with Crippen LogP contribution in [0.4, 0.5) is 0 Å². The quantitative estimate of drug-likeness (QED) is 0.195. The summed E-state index contributed by atoms with van der Waals surface area (Å²) in [4.78, 5) is 15.5. The SMILES string of the molecule is CC1(C)c2ccccc2-c2c1ccc1c2sc2c(-c3nc(-c4ccc5ccccc5c4)nc(-c4ccc5ccccc5c4)n3)cccc21. The molecule has 0 saturated heterocycles. The van der Waals surface area contributed by atoms with Gasteiger partial charge in [0.05, 0.1) is 0 Å². The number of rotatable bonds is 3. The van der Waals surface area contributed by atoms with E-state index in [-0.39, 0.29) is 5.41 Å². The first-order valence-electron chi connectivity index (χ1n) is 16.4. The minimum atomic E-state index is -0.0448. The molecule has 0 atom stereocenters. The molecule has 2 heterocycles. The molecular formula is C44H29N3S. The van der Waals surface area contributed by atoms with Crippen molar-refractivity contribution in [2.75, 3.05) is 0 Å². The highest BCUT2D eigenvalue weighted by Crippen LogP contribution is 2.54. The van der Waals surface area contributed by atoms with E-state index in [1.807, 2.05) is 11.3 Å². The van der Waals surface area contributed by atoms with Crippen molar-refractivity contribution in [1.29, 1.82) is 0 Å². The zero-order valence-electron chi connectivity index (χ0n) is 26.5. The monoisotopic (exact) mass is 631 g/mol. The van der Waals surface area contributed by atoms with Crippen molar-refractivity contribution in [1.82, 2.24) is 15.0 Å². The van der Waals surface area contributed by atoms with Crippen molar-refractivity contribution in [3.8, 4) is 45.3 Å². The van der Waals surface area contributed by atoms with Crippen LogP contribution in [0.3, 0.4) is 0 Å². The first-order valence-corrected chi connectivity index (χ1v) is 17.2. The minimum absolute atomic E-state index is 0.0448. The highest BCUT2D eigenvalue weighted by atomic mass is 32.1. The van der Waals surface area contributed by atoms with Gasteiger partial charge in [-0.2, -0.15) is 0 Å². The second-order valence-electron chi connectivity index (χ2n) is 13.2. The fourth-order valence-electron chi connectivity index (χ4n) is 7.63. The Hall–Kier alpha value is -5.71. The Morgan fingerprint density at radius 1 is 0.438 bits per heavy atom. The standard InChI is InChI=1S/C44H29N3S/c1-44(2)36-17-8-7-14-34(36)38-37(44)23-22-33-32-15-9-16-35(39(32)48-40(33)38)43-46-41(30-20-18-26-10-3-5-12-28(26)24-30)45-42(47-43)31-21-19-27-11-4-6-13-29(27)25-31/h3-25H,1-2H3. The summed E-state index contributed by atoms with van der Waals surface area (Å²) in [6.07, 6.45) is 0. The van der Waals surface area contributed by atoms with Gasteiger partial charge in [-0.25, -0.2) is 15.0 Å². The second-order valence-corrected chi connectivity index (χ2v) is 14.3. The lowest BCUT2D eigenvalue weighted by Gasteiger charge is -2.21. The Morgan fingerprint density at radius 3 is 1.69 bits per heavy atom. The summed E-state index contributed by atoms with van der Waals surface area (Å²) in [5.41, 5.74) is 8.41. The molecule has 0 radical (unpaired) electrons. The average molecular weight is 632 g/mol. The topological polar surface area (TPSA) is 38.7 Å². The highest BCUT2D eigenvalue weighted by molar-refractivity contribution is 7.26. The minimum Gasteiger partial charge on any atom is -0.208 e. The molecule has 0 N–H and O–H groups in total. The first-order chi connectivity index (χ1) is 23.5. The van der Waals surface area contributed by atoms with Gasteiger partial charge >= 0.3 is 0 Å². The van der Waals surface area contributed by atoms with E-state index in [4.69, 9.17) is 15.0 Å². The third-order valence-corrected chi connectivity index (χ3v) is 11.4. The van der Waals surface area contributed by atoms with E-state index in [0.717, 1.165) is 27.5 Å². The molecule has 0 spiro atoms. The Labute approximate surface area is 282 Å². The summed E-state index contributed by atoms with van der Waals surface area (Å²) in [6.45, 7) is 4.69. The fourth-order valence-corrected chi connectivity index (χ4v) is 9.00. The van der Waals surface area contributed by atoms with Gasteiger partial charge in [0.25, 0.3) is 0 Å². The van der Waals surface area contributed by atoms with Crippen LogP contribution in [-0.4, -0.2) is 15.0 Å². The van der Waals surface area contributed by atoms with Gasteiger partial charge in [-0.1, -0.05) is 135 Å². The Bertz CT molecular complexity index is 2680. The molecule has 48 heavy (non-hydrogen) atoms. The van der Waals surface area contributed by atoms with Gasteiger partial charge in [0, 0.05) is 47.8 Å². The molecule has 0 aliphatic heterocycles. The van der Waals surface area contributed by atoms with Gasteiger partial charge in [0.2, 0.25) is 0 Å². The lowest BCUT2D eigenvalue weighted by atomic mass is 9.82. The van der Waals surface area contributed by atoms with Crippen molar-refractivity contribution in [3.05, 3.63) is 151 Å². The predicted molar refractivity (Wildman–Crippen MR) is 202 cm³/mol. The van der Waals surface area contributed by atoms with Crippen LogP contribution < -0.4 is 0 Å². The van der Waals surface area contributed by atoms with Crippen molar-refractivity contribution < 1.29 is 0 Å². The van der Waals surface area contributed by atoms with Crippen LogP contribution in [0.25, 0.3) is 87.0 Å². The van der Waals surface area contributed by atoms with Gasteiger partial charge in [0.1, 0.15) is 0 Å². The van der Waals surface area contributed by atoms with Crippen LogP contribution in [0.5, 0.6) is 0 Å². The van der Waals surface area contributed by atoms with Crippen molar-refractivity contribution in [2.45, 2.75) is 19.3 Å². The maximum atomic E-state index is 5.20. The van der Waals surface area contributed by atoms with Crippen LogP contribution in [0.1, 0.15) is 25.0 Å². The van der Waals surface area contributed by atoms with E-state index in [1.54, 1.807) is 0 Å². The summed E-state index contributed by atoms with van der Waals surface area (Å²) in [6, 6.07) is 49.8. The van der Waals surface area contributed by atoms with E-state index in [9.17, 15) is 0 Å². The molecule has 9 aromatic rings. The molecule has 226 valence electrons. The van der Waals surface area contributed by atoms with Gasteiger partial charge in [-0.15, -0.1) is 11.3 Å². The number of thiophene rings is 1. The molecule has 2 aromatic heterocycles. The van der Waals surface area contributed by atoms with Crippen molar-refractivity contribution in [2.24, 2.45) is 0 Å². The van der Waals surface area contributed by atoms with Crippen LogP contribution in [-0.2, 0) is 5.41 Å². The smallest absolute Gasteiger partial charge is 0.165 e. The van der Waals surface area contributed by atoms with Gasteiger partial charge in [0.15, 0.2) is 17.5 Å². The number of fused-ring (bicyclic) bond motifs is 9. The third-order valence-electron chi connectivity index (χ3n) is 10.1. The second kappa shape index (κ2) is 10.1. The Balaban J connectivity index is 1.23.